The van der Waals surface area contributed by atoms with E-state index >= 15 is 0 Å². The van der Waals surface area contributed by atoms with Crippen LogP contribution < -0.4 is 5.31 Å². The molecule has 5 fully saturated rings. The monoisotopic (exact) mass is 305 g/mol. The highest BCUT2D eigenvalue weighted by Gasteiger charge is 2.57. The first-order chi connectivity index (χ1) is 11.5. The van der Waals surface area contributed by atoms with Gasteiger partial charge in [0.25, 0.3) is 0 Å². The number of nitrogens with zero attached hydrogens (tertiary/aromatic N) is 2. The Morgan fingerprint density at radius 1 is 1.45 bits per heavy atom. The van der Waals surface area contributed by atoms with Crippen LogP contribution in [0.25, 0.3) is 0 Å². The van der Waals surface area contributed by atoms with Gasteiger partial charge in [-0.1, -0.05) is 0 Å². The van der Waals surface area contributed by atoms with Crippen molar-refractivity contribution < 1.29 is 11.3 Å². The van der Waals surface area contributed by atoms with Crippen LogP contribution in [-0.4, -0.2) is 47.6 Å². The third kappa shape index (κ3) is 2.33. The third-order valence-electron chi connectivity index (χ3n) is 6.25. The van der Waals surface area contributed by atoms with Gasteiger partial charge >= 0.3 is 0 Å². The molecule has 0 aromatic carbocycles. The van der Waals surface area contributed by atoms with Gasteiger partial charge in [-0.15, -0.1) is 0 Å². The highest BCUT2D eigenvalue weighted by molar-refractivity contribution is 5.79. The van der Waals surface area contributed by atoms with Crippen molar-refractivity contribution in [2.45, 2.75) is 68.5 Å². The fourth-order valence-corrected chi connectivity index (χ4v) is 5.84. The van der Waals surface area contributed by atoms with E-state index < -0.39 is 5.60 Å². The Kier molecular flexibility index (Phi) is 2.77. The van der Waals surface area contributed by atoms with Crippen molar-refractivity contribution in [3.63, 3.8) is 0 Å². The van der Waals surface area contributed by atoms with Crippen molar-refractivity contribution in [1.82, 2.24) is 10.2 Å². The number of carbonyl (C=O) groups is 1. The molecule has 1 amide bonds. The van der Waals surface area contributed by atoms with Gasteiger partial charge in [-0.25, -0.2) is 0 Å². The number of hydrogen-bond acceptors (Lipinski definition) is 4. The van der Waals surface area contributed by atoms with Crippen LogP contribution in [0.3, 0.4) is 0 Å². The summed E-state index contributed by atoms with van der Waals surface area (Å²) in [4.78, 5) is 14.3. The summed E-state index contributed by atoms with van der Waals surface area (Å²) in [6.07, 6.45) is 7.21. The molecule has 4 saturated carbocycles. The average Bonchev–Trinajstić information content (AvgIpc) is 3.02. The van der Waals surface area contributed by atoms with Gasteiger partial charge in [0, 0.05) is 12.1 Å². The summed E-state index contributed by atoms with van der Waals surface area (Å²) < 4.78 is 16.2. The Labute approximate surface area is 134 Å². The second kappa shape index (κ2) is 4.94. The van der Waals surface area contributed by atoms with E-state index in [0.717, 1.165) is 38.5 Å². The predicted molar refractivity (Wildman–Crippen MR) is 80.7 cm³/mol. The first kappa shape index (κ1) is 12.3. The van der Waals surface area contributed by atoms with E-state index in [4.69, 9.17) is 7.95 Å². The van der Waals surface area contributed by atoms with E-state index in [2.05, 4.69) is 6.07 Å². The molecule has 1 aliphatic heterocycles. The molecule has 0 aromatic heterocycles. The molecule has 5 heteroatoms. The number of nitriles is 1. The van der Waals surface area contributed by atoms with Gasteiger partial charge < -0.3 is 15.3 Å². The van der Waals surface area contributed by atoms with Crippen molar-refractivity contribution in [2.75, 3.05) is 13.1 Å². The SMILES string of the molecule is [2H]OC12CC3CC(C1)CC(N([2H])CC(=O)N1CCC[C@H]1C#N)(C3)C2. The van der Waals surface area contributed by atoms with E-state index in [1.54, 1.807) is 4.90 Å². The van der Waals surface area contributed by atoms with Gasteiger partial charge in [0.2, 0.25) is 7.34 Å². The molecule has 3 atom stereocenters. The Balaban J connectivity index is 1.49. The number of rotatable bonds is 4. The smallest absolute Gasteiger partial charge is 0.237 e. The number of amides is 1. The zero-order chi connectivity index (χ0) is 16.9. The summed E-state index contributed by atoms with van der Waals surface area (Å²) in [5.74, 6) is 0.919. The van der Waals surface area contributed by atoms with E-state index in [9.17, 15) is 10.1 Å². The largest absolute Gasteiger partial charge is 0.390 e. The van der Waals surface area contributed by atoms with Crippen LogP contribution in [0.15, 0.2) is 0 Å². The Bertz CT molecular complexity index is 565. The van der Waals surface area contributed by atoms with Crippen LogP contribution in [0, 0.1) is 23.2 Å². The van der Waals surface area contributed by atoms with Gasteiger partial charge in [-0.3, -0.25) is 4.79 Å². The first-order valence-electron chi connectivity index (χ1n) is 9.45. The van der Waals surface area contributed by atoms with Gasteiger partial charge in [0.05, 0.1) is 18.2 Å². The topological polar surface area (TPSA) is 76.4 Å². The summed E-state index contributed by atoms with van der Waals surface area (Å²) in [6, 6.07) is 1.87. The Morgan fingerprint density at radius 2 is 2.23 bits per heavy atom. The zero-order valence-corrected chi connectivity index (χ0v) is 13.0. The Morgan fingerprint density at radius 3 is 2.91 bits per heavy atom. The normalized spacial score (nSPS) is 47.5. The minimum absolute atomic E-state index is 0.0473. The van der Waals surface area contributed by atoms with Crippen molar-refractivity contribution >= 4 is 5.91 Å². The van der Waals surface area contributed by atoms with Crippen molar-refractivity contribution in [3.05, 3.63) is 0 Å². The molecular formula is C17H25N3O2. The number of likely N-dealkylation sites (tertiary alicyclic amines) is 1. The molecule has 0 aromatic rings. The molecule has 4 aliphatic carbocycles. The highest BCUT2D eigenvalue weighted by Crippen LogP contribution is 2.57. The lowest BCUT2D eigenvalue weighted by atomic mass is 9.51. The van der Waals surface area contributed by atoms with Crippen LogP contribution in [0.2, 0.25) is 1.41 Å². The number of aliphatic hydroxyl groups is 1. The van der Waals surface area contributed by atoms with E-state index in [0.29, 0.717) is 24.8 Å². The van der Waals surface area contributed by atoms with Gasteiger partial charge in [-0.2, -0.15) is 5.26 Å². The lowest BCUT2D eigenvalue weighted by Crippen LogP contribution is -2.65. The molecule has 0 radical (unpaired) electrons. The molecule has 5 rings (SSSR count). The lowest BCUT2D eigenvalue weighted by Gasteiger charge is -2.60. The molecule has 1 heterocycles. The van der Waals surface area contributed by atoms with Crippen LogP contribution in [0.1, 0.15) is 51.4 Å². The van der Waals surface area contributed by atoms with Crippen molar-refractivity contribution in [1.29, 1.82) is 6.69 Å². The lowest BCUT2D eigenvalue weighted by molar-refractivity contribution is -0.147. The molecule has 5 nitrogen and oxygen atoms in total. The second-order valence-corrected chi connectivity index (χ2v) is 8.06. The minimum atomic E-state index is -0.407. The van der Waals surface area contributed by atoms with E-state index in [-0.39, 0.29) is 24.0 Å². The predicted octanol–water partition coefficient (Wildman–Crippen LogP) is 1.17. The summed E-state index contributed by atoms with van der Waals surface area (Å²) in [6.45, 7) is 0.675. The van der Waals surface area contributed by atoms with Crippen molar-refractivity contribution in [3.8, 4) is 6.07 Å². The molecule has 120 valence electrons. The third-order valence-corrected chi connectivity index (χ3v) is 6.25. The van der Waals surface area contributed by atoms with Gasteiger partial charge in [0.1, 0.15) is 7.45 Å². The first-order valence-corrected chi connectivity index (χ1v) is 8.59. The summed E-state index contributed by atoms with van der Waals surface area (Å²) >= 11 is 0. The minimum Gasteiger partial charge on any atom is -0.390 e. The molecule has 5 aliphatic rings. The second-order valence-electron chi connectivity index (χ2n) is 8.06. The number of hydrogen-bond donors (Lipinski definition) is 2. The molecule has 1 saturated heterocycles. The molecular weight excluding hydrogens is 278 g/mol. The molecule has 2 unspecified atom stereocenters. The number of nitrogens with one attached hydrogen (secondary N) is 1. The number of carbonyl (C=O) groups excluding carboxylic acids is 1. The highest BCUT2D eigenvalue weighted by atomic mass is 16.3. The van der Waals surface area contributed by atoms with Crippen molar-refractivity contribution in [2.24, 2.45) is 11.8 Å². The summed E-state index contributed by atoms with van der Waals surface area (Å²) in [5, 5.41) is 15.8. The van der Waals surface area contributed by atoms with E-state index in [1.165, 1.54) is 11.7 Å². The zero-order valence-electron chi connectivity index (χ0n) is 15.0. The van der Waals surface area contributed by atoms with Gasteiger partial charge in [0.15, 0.2) is 0 Å². The fourth-order valence-electron chi connectivity index (χ4n) is 5.84. The summed E-state index contributed by atoms with van der Waals surface area (Å²) in [7, 11) is 0. The quantitative estimate of drug-likeness (QED) is 0.817. The van der Waals surface area contributed by atoms with Crippen LogP contribution in [0.5, 0.6) is 0 Å². The maximum absolute atomic E-state index is 12.6. The molecule has 22 heavy (non-hydrogen) atoms. The summed E-state index contributed by atoms with van der Waals surface area (Å²) in [5.41, 5.74) is -0.738. The molecule has 0 spiro atoms. The Hall–Kier alpha value is -1.12. The molecule has 2 N–H and O–H groups in total. The standard InChI is InChI=1S/C17H25N3O2/c18-9-14-2-1-3-20(14)15(21)10-19-16-5-12-4-13(6-16)8-17(22,7-12)11-16/h12-14,19,22H,1-8,10-11H2/t12?,13?,14-,16?,17?/m0/s1/i22D/hD. The maximum atomic E-state index is 12.6. The fraction of sp³-hybridized carbons (Fsp3) is 0.882. The molecule has 4 bridgehead atoms. The van der Waals surface area contributed by atoms with Gasteiger partial charge in [-0.05, 0) is 63.2 Å². The average molecular weight is 305 g/mol. The van der Waals surface area contributed by atoms with Crippen LogP contribution in [-0.2, 0) is 4.79 Å². The van der Waals surface area contributed by atoms with Crippen LogP contribution >= 0.6 is 0 Å². The van der Waals surface area contributed by atoms with Crippen LogP contribution in [0.4, 0.5) is 0 Å². The van der Waals surface area contributed by atoms with E-state index in [1.807, 2.05) is 0 Å². The maximum Gasteiger partial charge on any atom is 0.237 e.